The van der Waals surface area contributed by atoms with Gasteiger partial charge in [-0.1, -0.05) is 30.3 Å². The van der Waals surface area contributed by atoms with E-state index in [0.717, 1.165) is 31.9 Å². The van der Waals surface area contributed by atoms with Gasteiger partial charge in [0.1, 0.15) is 16.4 Å². The van der Waals surface area contributed by atoms with E-state index in [1.54, 1.807) is 24.5 Å². The van der Waals surface area contributed by atoms with Crippen molar-refractivity contribution >= 4 is 33.1 Å². The van der Waals surface area contributed by atoms with E-state index in [0.29, 0.717) is 6.54 Å². The van der Waals surface area contributed by atoms with Gasteiger partial charge in [0.15, 0.2) is 0 Å². The second-order valence-electron chi connectivity index (χ2n) is 8.02. The van der Waals surface area contributed by atoms with Crippen molar-refractivity contribution in [2.45, 2.75) is 19.5 Å². The van der Waals surface area contributed by atoms with Gasteiger partial charge in [-0.3, -0.25) is 19.3 Å². The van der Waals surface area contributed by atoms with Crippen LogP contribution in [0, 0.1) is 0 Å². The van der Waals surface area contributed by atoms with Gasteiger partial charge in [0.2, 0.25) is 0 Å². The molecule has 0 radical (unpaired) electrons. The number of anilines is 1. The van der Waals surface area contributed by atoms with E-state index in [2.05, 4.69) is 26.4 Å². The quantitative estimate of drug-likeness (QED) is 0.289. The Morgan fingerprint density at radius 3 is 2.80 bits per heavy atom. The van der Waals surface area contributed by atoms with Gasteiger partial charge in [-0.2, -0.15) is 5.10 Å². The highest BCUT2D eigenvalue weighted by molar-refractivity contribution is 7.18. The number of aromatic amines is 2. The number of nitrogens with one attached hydrogen (secondary N) is 3. The summed E-state index contributed by atoms with van der Waals surface area (Å²) in [5, 5.41) is 8.22. The molecule has 0 saturated heterocycles. The highest BCUT2D eigenvalue weighted by Crippen LogP contribution is 2.25. The van der Waals surface area contributed by atoms with Crippen LogP contribution in [0.5, 0.6) is 0 Å². The van der Waals surface area contributed by atoms with Crippen LogP contribution < -0.4 is 22.3 Å². The molecule has 0 aliphatic rings. The standard InChI is InChI=1S/C24H21N7O3S/c1-13(27-23(33)21-20(25)22(32)30-24(34)29-21)14-5-4-6-15(9-14)16-10-26-31(11-16)12-19-28-17-7-2-3-8-18(17)35-19/h2-11,13H,12,25H2,1H3,(H,27,33)(H2,29,30,32,34)/t13-/m1/s1. The molecule has 176 valence electrons. The molecule has 0 unspecified atom stereocenters. The average molecular weight is 488 g/mol. The monoisotopic (exact) mass is 487 g/mol. The van der Waals surface area contributed by atoms with E-state index in [9.17, 15) is 14.4 Å². The summed E-state index contributed by atoms with van der Waals surface area (Å²) in [6.45, 7) is 2.37. The number of carbonyl (C=O) groups is 1. The second kappa shape index (κ2) is 9.03. The van der Waals surface area contributed by atoms with Crippen molar-refractivity contribution in [3.05, 3.63) is 98.0 Å². The maximum absolute atomic E-state index is 12.6. The molecule has 5 N–H and O–H groups in total. The van der Waals surface area contributed by atoms with Gasteiger partial charge in [0.25, 0.3) is 11.5 Å². The zero-order chi connectivity index (χ0) is 24.5. The molecule has 3 aromatic heterocycles. The molecular weight excluding hydrogens is 466 g/mol. The summed E-state index contributed by atoms with van der Waals surface area (Å²) < 4.78 is 2.99. The third-order valence-electron chi connectivity index (χ3n) is 5.54. The number of rotatable bonds is 6. The zero-order valence-corrected chi connectivity index (χ0v) is 19.4. The Balaban J connectivity index is 1.32. The van der Waals surface area contributed by atoms with Gasteiger partial charge in [0.05, 0.1) is 29.0 Å². The van der Waals surface area contributed by atoms with Crippen molar-refractivity contribution in [3.63, 3.8) is 0 Å². The van der Waals surface area contributed by atoms with Crippen LogP contribution in [-0.2, 0) is 6.54 Å². The number of para-hydroxylation sites is 1. The molecule has 0 aliphatic heterocycles. The number of fused-ring (bicyclic) bond motifs is 1. The smallest absolute Gasteiger partial charge is 0.326 e. The summed E-state index contributed by atoms with van der Waals surface area (Å²) in [5.74, 6) is -0.646. The number of hydrogen-bond donors (Lipinski definition) is 4. The average Bonchev–Trinajstić information content (AvgIpc) is 3.48. The fourth-order valence-corrected chi connectivity index (χ4v) is 4.70. The van der Waals surface area contributed by atoms with E-state index in [1.807, 2.05) is 58.3 Å². The summed E-state index contributed by atoms with van der Waals surface area (Å²) in [5.41, 5.74) is 7.11. The SMILES string of the molecule is C[C@@H](NC(=O)c1[nH]c(=O)[nH]c(=O)c1N)c1cccc(-c2cnn(Cc3nc4ccccc4s3)c2)c1. The third-order valence-corrected chi connectivity index (χ3v) is 6.56. The minimum absolute atomic E-state index is 0.266. The summed E-state index contributed by atoms with van der Waals surface area (Å²) in [4.78, 5) is 44.8. The summed E-state index contributed by atoms with van der Waals surface area (Å²) in [7, 11) is 0. The summed E-state index contributed by atoms with van der Waals surface area (Å²) in [6.07, 6.45) is 3.74. The van der Waals surface area contributed by atoms with Gasteiger partial charge in [0, 0.05) is 11.8 Å². The molecule has 0 spiro atoms. The predicted octanol–water partition coefficient (Wildman–Crippen LogP) is 2.66. The summed E-state index contributed by atoms with van der Waals surface area (Å²) >= 11 is 1.65. The maximum Gasteiger partial charge on any atom is 0.326 e. The number of H-pyrrole nitrogens is 2. The zero-order valence-electron chi connectivity index (χ0n) is 18.6. The van der Waals surface area contributed by atoms with Crippen LogP contribution in [-0.4, -0.2) is 30.6 Å². The maximum atomic E-state index is 12.6. The number of thiazole rings is 1. The van der Waals surface area contributed by atoms with Gasteiger partial charge >= 0.3 is 5.69 Å². The molecule has 1 amide bonds. The molecule has 0 fully saturated rings. The van der Waals surface area contributed by atoms with Crippen LogP contribution in [0.2, 0.25) is 0 Å². The minimum Gasteiger partial charge on any atom is -0.392 e. The first kappa shape index (κ1) is 22.3. The molecule has 0 aliphatic carbocycles. The first-order valence-corrected chi connectivity index (χ1v) is 11.6. The van der Waals surface area contributed by atoms with Crippen LogP contribution in [0.3, 0.4) is 0 Å². The van der Waals surface area contributed by atoms with Crippen molar-refractivity contribution < 1.29 is 4.79 Å². The van der Waals surface area contributed by atoms with Gasteiger partial charge in [-0.25, -0.2) is 9.78 Å². The Morgan fingerprint density at radius 2 is 1.97 bits per heavy atom. The Hall–Kier alpha value is -4.51. The number of nitrogens with zero attached hydrogens (tertiary/aromatic N) is 3. The van der Waals surface area contributed by atoms with Crippen LogP contribution >= 0.6 is 11.3 Å². The van der Waals surface area contributed by atoms with Gasteiger partial charge in [-0.05, 0) is 36.2 Å². The predicted molar refractivity (Wildman–Crippen MR) is 134 cm³/mol. The number of hydrogen-bond acceptors (Lipinski definition) is 7. The van der Waals surface area contributed by atoms with Gasteiger partial charge in [-0.15, -0.1) is 11.3 Å². The Kier molecular flexibility index (Phi) is 5.75. The molecule has 0 bridgehead atoms. The highest BCUT2D eigenvalue weighted by Gasteiger charge is 2.17. The number of aromatic nitrogens is 5. The molecular formula is C24H21N7O3S. The largest absolute Gasteiger partial charge is 0.392 e. The Bertz CT molecular complexity index is 1630. The molecule has 0 saturated carbocycles. The van der Waals surface area contributed by atoms with Crippen LogP contribution in [0.4, 0.5) is 5.69 Å². The number of benzene rings is 2. The molecule has 35 heavy (non-hydrogen) atoms. The fourth-order valence-electron chi connectivity index (χ4n) is 3.74. The fraction of sp³-hybridized carbons (Fsp3) is 0.125. The van der Waals surface area contributed by atoms with E-state index < -0.39 is 23.2 Å². The highest BCUT2D eigenvalue weighted by atomic mass is 32.1. The van der Waals surface area contributed by atoms with E-state index in [4.69, 9.17) is 5.73 Å². The lowest BCUT2D eigenvalue weighted by Gasteiger charge is -2.15. The molecule has 11 heteroatoms. The van der Waals surface area contributed by atoms with Crippen molar-refractivity contribution in [1.29, 1.82) is 0 Å². The third kappa shape index (κ3) is 4.62. The van der Waals surface area contributed by atoms with E-state index in [1.165, 1.54) is 0 Å². The lowest BCUT2D eigenvalue weighted by atomic mass is 10.0. The van der Waals surface area contributed by atoms with E-state index in [-0.39, 0.29) is 11.4 Å². The van der Waals surface area contributed by atoms with Crippen molar-refractivity contribution in [2.24, 2.45) is 0 Å². The van der Waals surface area contributed by atoms with Crippen molar-refractivity contribution in [1.82, 2.24) is 30.0 Å². The molecule has 5 aromatic rings. The number of nitrogens with two attached hydrogens (primary N) is 1. The van der Waals surface area contributed by atoms with Crippen LogP contribution in [0.1, 0.15) is 34.0 Å². The molecule has 5 rings (SSSR count). The Labute approximate surface area is 202 Å². The Morgan fingerprint density at radius 1 is 1.14 bits per heavy atom. The van der Waals surface area contributed by atoms with Crippen molar-refractivity contribution in [2.75, 3.05) is 5.73 Å². The second-order valence-corrected chi connectivity index (χ2v) is 9.13. The molecule has 3 heterocycles. The molecule has 10 nitrogen and oxygen atoms in total. The van der Waals surface area contributed by atoms with Crippen molar-refractivity contribution in [3.8, 4) is 11.1 Å². The lowest BCUT2D eigenvalue weighted by Crippen LogP contribution is -2.34. The number of amides is 1. The first-order valence-electron chi connectivity index (χ1n) is 10.8. The number of nitrogen functional groups attached to an aromatic ring is 1. The number of carbonyl (C=O) groups excluding carboxylic acids is 1. The summed E-state index contributed by atoms with van der Waals surface area (Å²) in [6, 6.07) is 15.3. The topological polar surface area (TPSA) is 152 Å². The normalized spacial score (nSPS) is 12.0. The minimum atomic E-state index is -0.809. The lowest BCUT2D eigenvalue weighted by molar-refractivity contribution is 0.0935. The van der Waals surface area contributed by atoms with Gasteiger partial charge < -0.3 is 16.0 Å². The molecule has 1 atom stereocenters. The van der Waals surface area contributed by atoms with E-state index >= 15 is 0 Å². The first-order chi connectivity index (χ1) is 16.9. The van der Waals surface area contributed by atoms with Crippen LogP contribution in [0.25, 0.3) is 21.3 Å². The molecule has 2 aromatic carbocycles. The van der Waals surface area contributed by atoms with Crippen LogP contribution in [0.15, 0.2) is 70.5 Å².